The maximum absolute atomic E-state index is 10.5. The van der Waals surface area contributed by atoms with E-state index in [0.29, 0.717) is 16.4 Å². The fraction of sp³-hybridized carbons (Fsp3) is 0.667. The Kier molecular flexibility index (Phi) is 2.89. The molecule has 2 nitrogen and oxygen atoms in total. The van der Waals surface area contributed by atoms with Gasteiger partial charge in [-0.25, -0.2) is 4.21 Å². The van der Waals surface area contributed by atoms with Crippen LogP contribution in [0.2, 0.25) is 0 Å². The van der Waals surface area contributed by atoms with Crippen molar-refractivity contribution in [1.82, 2.24) is 0 Å². The van der Waals surface area contributed by atoms with E-state index >= 15 is 0 Å². The Hall–Kier alpha value is 0.140. The molecule has 1 rings (SSSR count). The molecule has 0 spiro atoms. The Labute approximate surface area is 67.5 Å². The molecule has 0 aliphatic heterocycles. The lowest BCUT2D eigenvalue weighted by molar-refractivity contribution is 0.564. The van der Waals surface area contributed by atoms with Gasteiger partial charge in [0.15, 0.2) is 11.1 Å². The smallest absolute Gasteiger partial charge is 0.183 e. The maximum Gasteiger partial charge on any atom is 0.183 e. The van der Waals surface area contributed by atoms with E-state index in [2.05, 4.69) is 0 Å². The first-order valence-corrected chi connectivity index (χ1v) is 4.68. The van der Waals surface area contributed by atoms with Crippen molar-refractivity contribution in [1.29, 1.82) is 0 Å². The summed E-state index contributed by atoms with van der Waals surface area (Å²) >= 11 is 3.87. The highest BCUT2D eigenvalue weighted by Gasteiger charge is 2.14. The fourth-order valence-electron chi connectivity index (χ4n) is 1.02. The van der Waals surface area contributed by atoms with Crippen LogP contribution in [-0.2, 0) is 11.1 Å². The molecule has 58 valence electrons. The van der Waals surface area contributed by atoms with E-state index in [1.807, 2.05) is 0 Å². The molecule has 0 aromatic carbocycles. The van der Waals surface area contributed by atoms with Crippen LogP contribution in [0.4, 0.5) is 0 Å². The highest BCUT2D eigenvalue weighted by atomic mass is 35.5. The van der Waals surface area contributed by atoms with Gasteiger partial charge in [-0.2, -0.15) is 0 Å². The quantitative estimate of drug-likeness (QED) is 0.629. The van der Waals surface area contributed by atoms with Crippen molar-refractivity contribution in [2.24, 2.45) is 0 Å². The molecule has 10 heavy (non-hydrogen) atoms. The van der Waals surface area contributed by atoms with E-state index in [1.54, 1.807) is 0 Å². The van der Waals surface area contributed by atoms with Gasteiger partial charge in [0.1, 0.15) is 0 Å². The van der Waals surface area contributed by atoms with Crippen molar-refractivity contribution in [2.45, 2.75) is 25.7 Å². The monoisotopic (exact) mass is 180 g/mol. The van der Waals surface area contributed by atoms with E-state index in [0.717, 1.165) is 19.3 Å². The summed E-state index contributed by atoms with van der Waals surface area (Å²) < 4.78 is 19.2. The van der Waals surface area contributed by atoms with Crippen LogP contribution in [-0.4, -0.2) is 8.76 Å². The molecule has 1 aliphatic carbocycles. The van der Waals surface area contributed by atoms with Crippen molar-refractivity contribution in [3.05, 3.63) is 9.94 Å². The number of hydrogen-bond acceptors (Lipinski definition) is 1. The highest BCUT2D eigenvalue weighted by Crippen LogP contribution is 2.28. The zero-order valence-electron chi connectivity index (χ0n) is 5.47. The molecule has 0 aromatic heterocycles. The van der Waals surface area contributed by atoms with Crippen LogP contribution in [0.15, 0.2) is 9.94 Å². The largest absolute Gasteiger partial charge is 0.302 e. The first-order chi connectivity index (χ1) is 4.72. The summed E-state index contributed by atoms with van der Waals surface area (Å²) in [6, 6.07) is 0. The number of rotatable bonds is 1. The van der Waals surface area contributed by atoms with Gasteiger partial charge in [0.05, 0.1) is 4.91 Å². The van der Waals surface area contributed by atoms with E-state index in [9.17, 15) is 4.21 Å². The summed E-state index contributed by atoms with van der Waals surface area (Å²) in [5.41, 5.74) is 0. The molecule has 0 radical (unpaired) electrons. The van der Waals surface area contributed by atoms with Gasteiger partial charge in [0.25, 0.3) is 0 Å². The third-order valence-electron chi connectivity index (χ3n) is 1.56. The molecule has 0 heterocycles. The lowest BCUT2D eigenvalue weighted by Gasteiger charge is -2.11. The van der Waals surface area contributed by atoms with Gasteiger partial charge in [0, 0.05) is 5.03 Å². The first kappa shape index (κ1) is 8.24. The van der Waals surface area contributed by atoms with Crippen molar-refractivity contribution >= 4 is 22.7 Å². The zero-order chi connectivity index (χ0) is 7.56. The Balaban J connectivity index is 2.78. The van der Waals surface area contributed by atoms with E-state index in [-0.39, 0.29) is 0 Å². The Bertz CT molecular complexity index is 188. The van der Waals surface area contributed by atoms with Gasteiger partial charge in [-0.15, -0.1) is 0 Å². The summed E-state index contributed by atoms with van der Waals surface area (Å²) in [7, 11) is 0. The van der Waals surface area contributed by atoms with Crippen LogP contribution in [0.5, 0.6) is 0 Å². The number of hydrogen-bond donors (Lipinski definition) is 1. The van der Waals surface area contributed by atoms with Gasteiger partial charge < -0.3 is 4.55 Å². The maximum atomic E-state index is 10.5. The predicted octanol–water partition coefficient (Wildman–Crippen LogP) is 2.23. The molecule has 1 aliphatic rings. The summed E-state index contributed by atoms with van der Waals surface area (Å²) in [4.78, 5) is 0.521. The van der Waals surface area contributed by atoms with E-state index in [4.69, 9.17) is 16.2 Å². The van der Waals surface area contributed by atoms with E-state index < -0.39 is 11.1 Å². The predicted molar refractivity (Wildman–Crippen MR) is 42.1 cm³/mol. The standard InChI is InChI=1S/C6H9ClO2S/c7-5-3-1-2-4-6(5)10(8)9/h1-4H2,(H,8,9). The van der Waals surface area contributed by atoms with E-state index in [1.165, 1.54) is 0 Å². The number of allylic oxidation sites excluding steroid dienone is 2. The number of halogens is 1. The molecule has 1 atom stereocenters. The van der Waals surface area contributed by atoms with Gasteiger partial charge in [-0.3, -0.25) is 0 Å². The zero-order valence-corrected chi connectivity index (χ0v) is 7.04. The molecule has 0 fully saturated rings. The average Bonchev–Trinajstić information content (AvgIpc) is 1.88. The average molecular weight is 181 g/mol. The minimum Gasteiger partial charge on any atom is -0.302 e. The Morgan fingerprint density at radius 1 is 1.40 bits per heavy atom. The van der Waals surface area contributed by atoms with Crippen LogP contribution >= 0.6 is 11.6 Å². The molecule has 0 amide bonds. The molecule has 1 unspecified atom stereocenters. The first-order valence-electron chi connectivity index (χ1n) is 3.20. The third kappa shape index (κ3) is 1.81. The topological polar surface area (TPSA) is 37.3 Å². The molecular formula is C6H9ClO2S. The SMILES string of the molecule is O=S(O)C1=C(Cl)CCCC1. The lowest BCUT2D eigenvalue weighted by Crippen LogP contribution is -2.00. The summed E-state index contributed by atoms with van der Waals surface area (Å²) in [5, 5.41) is 0.590. The second-order valence-corrected chi connectivity index (χ2v) is 3.73. The molecule has 0 aromatic rings. The summed E-state index contributed by atoms with van der Waals surface area (Å²) in [6.07, 6.45) is 3.47. The van der Waals surface area contributed by atoms with Crippen LogP contribution in [0.1, 0.15) is 25.7 Å². The molecule has 4 heteroatoms. The Morgan fingerprint density at radius 2 is 2.00 bits per heavy atom. The van der Waals surface area contributed by atoms with Crippen LogP contribution in [0.25, 0.3) is 0 Å². The lowest BCUT2D eigenvalue weighted by atomic mass is 10.1. The van der Waals surface area contributed by atoms with Gasteiger partial charge in [-0.1, -0.05) is 11.6 Å². The second-order valence-electron chi connectivity index (χ2n) is 2.28. The molecule has 0 saturated carbocycles. The second kappa shape index (κ2) is 3.51. The van der Waals surface area contributed by atoms with Crippen molar-refractivity contribution in [3.63, 3.8) is 0 Å². The van der Waals surface area contributed by atoms with Crippen molar-refractivity contribution in [2.75, 3.05) is 0 Å². The summed E-state index contributed by atoms with van der Waals surface area (Å²) in [5.74, 6) is 0. The van der Waals surface area contributed by atoms with Crippen molar-refractivity contribution in [3.8, 4) is 0 Å². The van der Waals surface area contributed by atoms with Crippen LogP contribution in [0, 0.1) is 0 Å². The Morgan fingerprint density at radius 3 is 2.40 bits per heavy atom. The fourth-order valence-corrected chi connectivity index (χ4v) is 2.06. The highest BCUT2D eigenvalue weighted by molar-refractivity contribution is 7.83. The van der Waals surface area contributed by atoms with Crippen LogP contribution in [0.3, 0.4) is 0 Å². The molecule has 0 saturated heterocycles. The van der Waals surface area contributed by atoms with Crippen LogP contribution < -0.4 is 0 Å². The van der Waals surface area contributed by atoms with Gasteiger partial charge in [0.2, 0.25) is 0 Å². The normalized spacial score (nSPS) is 23.0. The third-order valence-corrected chi connectivity index (χ3v) is 2.96. The van der Waals surface area contributed by atoms with Gasteiger partial charge >= 0.3 is 0 Å². The minimum absolute atomic E-state index is 0.521. The van der Waals surface area contributed by atoms with Gasteiger partial charge in [-0.05, 0) is 25.7 Å². The molecule has 1 N–H and O–H groups in total. The van der Waals surface area contributed by atoms with Crippen molar-refractivity contribution < 1.29 is 8.76 Å². The molecular weight excluding hydrogens is 172 g/mol. The minimum atomic E-state index is -1.83. The summed E-state index contributed by atoms with van der Waals surface area (Å²) in [6.45, 7) is 0. The molecule has 0 bridgehead atoms.